The predicted octanol–water partition coefficient (Wildman–Crippen LogP) is 4.25. The lowest BCUT2D eigenvalue weighted by molar-refractivity contribution is 0.793. The molecule has 2 rings (SSSR count). The lowest BCUT2D eigenvalue weighted by atomic mass is 10.1. The van der Waals surface area contributed by atoms with Crippen LogP contribution in [-0.2, 0) is 6.42 Å². The molecule has 0 aliphatic heterocycles. The summed E-state index contributed by atoms with van der Waals surface area (Å²) in [4.78, 5) is 1.36. The van der Waals surface area contributed by atoms with Crippen LogP contribution in [0.2, 0.25) is 0 Å². The fraction of sp³-hybridized carbons (Fsp3) is 0.286. The number of benzene rings is 1. The van der Waals surface area contributed by atoms with Gasteiger partial charge < -0.3 is 5.32 Å². The number of hydrogen-bond acceptors (Lipinski definition) is 2. The molecule has 1 aromatic carbocycles. The van der Waals surface area contributed by atoms with E-state index in [0.717, 1.165) is 17.4 Å². The van der Waals surface area contributed by atoms with Crippen molar-refractivity contribution in [3.8, 4) is 10.4 Å². The van der Waals surface area contributed by atoms with Gasteiger partial charge in [-0.05, 0) is 67.2 Å². The van der Waals surface area contributed by atoms with Crippen molar-refractivity contribution in [2.24, 2.45) is 0 Å². The first-order chi connectivity index (χ1) is 8.20. The van der Waals surface area contributed by atoms with Crippen LogP contribution in [0.25, 0.3) is 10.4 Å². The highest BCUT2D eigenvalue weighted by Crippen LogP contribution is 2.31. The van der Waals surface area contributed by atoms with Gasteiger partial charge >= 0.3 is 0 Å². The number of aryl methyl sites for hydroxylation is 1. The highest BCUT2D eigenvalue weighted by Gasteiger charge is 2.05. The summed E-state index contributed by atoms with van der Waals surface area (Å²) >= 11 is 5.33. The number of thiophene rings is 1. The lowest BCUT2D eigenvalue weighted by Crippen LogP contribution is -2.09. The van der Waals surface area contributed by atoms with Crippen molar-refractivity contribution in [1.82, 2.24) is 5.32 Å². The van der Waals surface area contributed by atoms with Crippen molar-refractivity contribution >= 4 is 27.3 Å². The van der Waals surface area contributed by atoms with Crippen molar-refractivity contribution in [3.05, 3.63) is 45.2 Å². The van der Waals surface area contributed by atoms with Gasteiger partial charge in [-0.1, -0.05) is 22.0 Å². The zero-order chi connectivity index (χ0) is 12.3. The molecule has 1 N–H and O–H groups in total. The smallest absolute Gasteiger partial charge is 0.0348 e. The second kappa shape index (κ2) is 5.80. The fourth-order valence-corrected chi connectivity index (χ4v) is 3.34. The monoisotopic (exact) mass is 309 g/mol. The minimum Gasteiger partial charge on any atom is -0.319 e. The molecule has 0 saturated heterocycles. The Kier molecular flexibility index (Phi) is 4.37. The van der Waals surface area contributed by atoms with Crippen molar-refractivity contribution in [2.45, 2.75) is 13.3 Å². The van der Waals surface area contributed by atoms with E-state index in [0.29, 0.717) is 0 Å². The second-order valence-corrected chi connectivity index (χ2v) is 5.96. The van der Waals surface area contributed by atoms with E-state index in [9.17, 15) is 0 Å². The van der Waals surface area contributed by atoms with E-state index in [2.05, 4.69) is 57.8 Å². The molecule has 3 heteroatoms. The largest absolute Gasteiger partial charge is 0.319 e. The minimum absolute atomic E-state index is 1.04. The van der Waals surface area contributed by atoms with E-state index in [1.165, 1.54) is 21.6 Å². The third kappa shape index (κ3) is 3.18. The molecule has 90 valence electrons. The average molecular weight is 310 g/mol. The summed E-state index contributed by atoms with van der Waals surface area (Å²) in [5, 5.41) is 5.44. The number of likely N-dealkylation sites (N-methyl/N-ethyl adjacent to an activating group) is 1. The van der Waals surface area contributed by atoms with E-state index < -0.39 is 0 Å². The highest BCUT2D eigenvalue weighted by molar-refractivity contribution is 9.10. The Bertz CT molecular complexity index is 505. The standard InChI is InChI=1S/C14H16BrNS/c1-10-7-12(15)3-4-13(10)14-8-11(9-17-14)5-6-16-2/h3-4,7-9,16H,5-6H2,1-2H3. The Morgan fingerprint density at radius 3 is 2.82 bits per heavy atom. The molecule has 1 heterocycles. The van der Waals surface area contributed by atoms with Gasteiger partial charge in [0.2, 0.25) is 0 Å². The average Bonchev–Trinajstić information content (AvgIpc) is 2.75. The van der Waals surface area contributed by atoms with Crippen molar-refractivity contribution in [1.29, 1.82) is 0 Å². The third-order valence-electron chi connectivity index (χ3n) is 2.77. The molecule has 0 bridgehead atoms. The van der Waals surface area contributed by atoms with Gasteiger partial charge in [0.25, 0.3) is 0 Å². The summed E-state index contributed by atoms with van der Waals surface area (Å²) < 4.78 is 1.14. The normalized spacial score (nSPS) is 10.8. The molecule has 0 spiro atoms. The third-order valence-corrected chi connectivity index (χ3v) is 4.28. The van der Waals surface area contributed by atoms with Crippen LogP contribution in [0.4, 0.5) is 0 Å². The topological polar surface area (TPSA) is 12.0 Å². The summed E-state index contributed by atoms with van der Waals surface area (Å²) in [6.45, 7) is 3.20. The van der Waals surface area contributed by atoms with Crippen LogP contribution in [0.1, 0.15) is 11.1 Å². The van der Waals surface area contributed by atoms with Crippen molar-refractivity contribution in [3.63, 3.8) is 0 Å². The Hall–Kier alpha value is -0.640. The first-order valence-corrected chi connectivity index (χ1v) is 7.36. The van der Waals surface area contributed by atoms with Crippen molar-refractivity contribution < 1.29 is 0 Å². The molecule has 0 amide bonds. The molecule has 0 aliphatic rings. The molecule has 1 nitrogen and oxygen atoms in total. The van der Waals surface area contributed by atoms with Crippen LogP contribution in [-0.4, -0.2) is 13.6 Å². The van der Waals surface area contributed by atoms with Gasteiger partial charge in [0.05, 0.1) is 0 Å². The zero-order valence-corrected chi connectivity index (χ0v) is 12.5. The molecule has 0 aliphatic carbocycles. The van der Waals surface area contributed by atoms with Gasteiger partial charge in [-0.25, -0.2) is 0 Å². The van der Waals surface area contributed by atoms with Crippen LogP contribution in [0.3, 0.4) is 0 Å². The number of hydrogen-bond donors (Lipinski definition) is 1. The predicted molar refractivity (Wildman–Crippen MR) is 79.8 cm³/mol. The lowest BCUT2D eigenvalue weighted by Gasteiger charge is -2.03. The highest BCUT2D eigenvalue weighted by atomic mass is 79.9. The number of nitrogens with one attached hydrogen (secondary N) is 1. The maximum atomic E-state index is 3.50. The molecule has 0 saturated carbocycles. The summed E-state index contributed by atoms with van der Waals surface area (Å²) in [7, 11) is 1.99. The van der Waals surface area contributed by atoms with Crippen LogP contribution < -0.4 is 5.32 Å². The molecule has 1 aromatic heterocycles. The summed E-state index contributed by atoms with van der Waals surface area (Å²) in [5.41, 5.74) is 4.08. The van der Waals surface area contributed by atoms with E-state index in [-0.39, 0.29) is 0 Å². The Balaban J connectivity index is 2.24. The van der Waals surface area contributed by atoms with Gasteiger partial charge in [-0.3, -0.25) is 0 Å². The van der Waals surface area contributed by atoms with Crippen molar-refractivity contribution in [2.75, 3.05) is 13.6 Å². The number of rotatable bonds is 4. The first-order valence-electron chi connectivity index (χ1n) is 5.69. The van der Waals surface area contributed by atoms with E-state index >= 15 is 0 Å². The van der Waals surface area contributed by atoms with Gasteiger partial charge in [-0.15, -0.1) is 11.3 Å². The molecule has 0 unspecified atom stereocenters. The fourth-order valence-electron chi connectivity index (χ4n) is 1.82. The molecule has 0 fully saturated rings. The molecule has 0 radical (unpaired) electrons. The van der Waals surface area contributed by atoms with Crippen LogP contribution in [0.15, 0.2) is 34.1 Å². The molecular formula is C14H16BrNS. The van der Waals surface area contributed by atoms with Crippen LogP contribution >= 0.6 is 27.3 Å². The quantitative estimate of drug-likeness (QED) is 0.890. The van der Waals surface area contributed by atoms with Gasteiger partial charge in [0, 0.05) is 9.35 Å². The Morgan fingerprint density at radius 2 is 2.12 bits per heavy atom. The Morgan fingerprint density at radius 1 is 1.29 bits per heavy atom. The van der Waals surface area contributed by atoms with Gasteiger partial charge in [-0.2, -0.15) is 0 Å². The maximum absolute atomic E-state index is 3.50. The second-order valence-electron chi connectivity index (χ2n) is 4.13. The molecule has 0 atom stereocenters. The minimum atomic E-state index is 1.04. The molecule has 17 heavy (non-hydrogen) atoms. The van der Waals surface area contributed by atoms with Gasteiger partial charge in [0.1, 0.15) is 0 Å². The maximum Gasteiger partial charge on any atom is 0.0348 e. The SMILES string of the molecule is CNCCc1csc(-c2ccc(Br)cc2C)c1. The van der Waals surface area contributed by atoms with Gasteiger partial charge in [0.15, 0.2) is 0 Å². The first kappa shape index (κ1) is 12.8. The summed E-state index contributed by atoms with van der Waals surface area (Å²) in [6.07, 6.45) is 1.10. The zero-order valence-electron chi connectivity index (χ0n) is 10.1. The number of halogens is 1. The van der Waals surface area contributed by atoms with E-state index in [4.69, 9.17) is 0 Å². The molecule has 2 aromatic rings. The van der Waals surface area contributed by atoms with E-state index in [1.54, 1.807) is 0 Å². The molecular weight excluding hydrogens is 294 g/mol. The summed E-state index contributed by atoms with van der Waals surface area (Å²) in [5.74, 6) is 0. The van der Waals surface area contributed by atoms with E-state index in [1.807, 2.05) is 18.4 Å². The van der Waals surface area contributed by atoms with Crippen LogP contribution in [0.5, 0.6) is 0 Å². The summed E-state index contributed by atoms with van der Waals surface area (Å²) in [6, 6.07) is 8.77. The van der Waals surface area contributed by atoms with Crippen LogP contribution in [0, 0.1) is 6.92 Å². The Labute approximate surface area is 115 Å².